The molecule has 3 heteroatoms. The molecule has 21 heavy (non-hydrogen) atoms. The standard InChI is InChI=1S/C18H30N2O/c1-14(2)13-20(9-10-21-4)18-8-5-16(11-15(18)3)12-19-17-6-7-17/h5,8,11,14,17,19H,6-7,9-10,12-13H2,1-4H3. The summed E-state index contributed by atoms with van der Waals surface area (Å²) < 4.78 is 5.26. The van der Waals surface area contributed by atoms with E-state index in [0.717, 1.165) is 32.3 Å². The molecule has 118 valence electrons. The van der Waals surface area contributed by atoms with Crippen LogP contribution < -0.4 is 10.2 Å². The van der Waals surface area contributed by atoms with Gasteiger partial charge in [-0.1, -0.05) is 26.0 Å². The van der Waals surface area contributed by atoms with Gasteiger partial charge in [0.2, 0.25) is 0 Å². The summed E-state index contributed by atoms with van der Waals surface area (Å²) in [6.45, 7) is 10.5. The highest BCUT2D eigenvalue weighted by atomic mass is 16.5. The Bertz CT molecular complexity index is 441. The molecule has 0 unspecified atom stereocenters. The molecule has 3 nitrogen and oxygen atoms in total. The van der Waals surface area contributed by atoms with Crippen molar-refractivity contribution in [1.29, 1.82) is 0 Å². The number of benzene rings is 1. The summed E-state index contributed by atoms with van der Waals surface area (Å²) >= 11 is 0. The zero-order valence-corrected chi connectivity index (χ0v) is 14.0. The van der Waals surface area contributed by atoms with Crippen molar-refractivity contribution in [2.24, 2.45) is 5.92 Å². The Morgan fingerprint density at radius 2 is 2.10 bits per heavy atom. The highest BCUT2D eigenvalue weighted by Gasteiger charge is 2.20. The van der Waals surface area contributed by atoms with Crippen LogP contribution in [0.3, 0.4) is 0 Å². The lowest BCUT2D eigenvalue weighted by Gasteiger charge is -2.28. The SMILES string of the molecule is COCCN(CC(C)C)c1ccc(CNC2CC2)cc1C. The third-order valence-corrected chi connectivity index (χ3v) is 3.92. The average Bonchev–Trinajstić information content (AvgIpc) is 3.25. The van der Waals surface area contributed by atoms with E-state index in [9.17, 15) is 0 Å². The number of methoxy groups -OCH3 is 1. The van der Waals surface area contributed by atoms with Crippen LogP contribution in [0.2, 0.25) is 0 Å². The molecule has 0 radical (unpaired) electrons. The smallest absolute Gasteiger partial charge is 0.0637 e. The predicted octanol–water partition coefficient (Wildman–Crippen LogP) is 3.36. The molecule has 0 amide bonds. The summed E-state index contributed by atoms with van der Waals surface area (Å²) in [5.74, 6) is 0.650. The lowest BCUT2D eigenvalue weighted by Crippen LogP contribution is -2.31. The molecule has 0 spiro atoms. The van der Waals surface area contributed by atoms with Crippen LogP contribution >= 0.6 is 0 Å². The quantitative estimate of drug-likeness (QED) is 0.755. The minimum absolute atomic E-state index is 0.650. The van der Waals surface area contributed by atoms with E-state index in [1.807, 2.05) is 0 Å². The maximum absolute atomic E-state index is 5.26. The monoisotopic (exact) mass is 290 g/mol. The summed E-state index contributed by atoms with van der Waals surface area (Å²) in [6, 6.07) is 7.63. The van der Waals surface area contributed by atoms with Gasteiger partial charge in [-0.15, -0.1) is 0 Å². The molecule has 2 rings (SSSR count). The van der Waals surface area contributed by atoms with Crippen LogP contribution in [0.5, 0.6) is 0 Å². The number of hydrogen-bond acceptors (Lipinski definition) is 3. The van der Waals surface area contributed by atoms with Gasteiger partial charge in [-0.05, 0) is 42.9 Å². The first kappa shape index (κ1) is 16.3. The second-order valence-corrected chi connectivity index (χ2v) is 6.61. The Balaban J connectivity index is 2.03. The fraction of sp³-hybridized carbons (Fsp3) is 0.667. The molecule has 0 aliphatic heterocycles. The highest BCUT2D eigenvalue weighted by Crippen LogP contribution is 2.24. The summed E-state index contributed by atoms with van der Waals surface area (Å²) in [6.07, 6.45) is 2.69. The molecule has 1 aliphatic carbocycles. The van der Waals surface area contributed by atoms with Gasteiger partial charge in [-0.2, -0.15) is 0 Å². The van der Waals surface area contributed by atoms with Gasteiger partial charge in [0.05, 0.1) is 6.61 Å². The Labute approximate surface area is 129 Å². The Morgan fingerprint density at radius 3 is 2.67 bits per heavy atom. The molecule has 1 fully saturated rings. The average molecular weight is 290 g/mol. The van der Waals surface area contributed by atoms with E-state index in [0.29, 0.717) is 5.92 Å². The summed E-state index contributed by atoms with van der Waals surface area (Å²) in [5.41, 5.74) is 4.09. The van der Waals surface area contributed by atoms with Crippen LogP contribution in [-0.4, -0.2) is 32.8 Å². The molecule has 1 aromatic carbocycles. The second kappa shape index (κ2) is 7.81. The van der Waals surface area contributed by atoms with E-state index in [4.69, 9.17) is 4.74 Å². The fourth-order valence-corrected chi connectivity index (χ4v) is 2.68. The first-order valence-corrected chi connectivity index (χ1v) is 8.17. The molecule has 0 heterocycles. The number of ether oxygens (including phenoxy) is 1. The van der Waals surface area contributed by atoms with Gasteiger partial charge in [-0.25, -0.2) is 0 Å². The van der Waals surface area contributed by atoms with E-state index in [1.54, 1.807) is 7.11 Å². The number of hydrogen-bond donors (Lipinski definition) is 1. The Hall–Kier alpha value is -1.06. The van der Waals surface area contributed by atoms with Crippen molar-refractivity contribution in [3.8, 4) is 0 Å². The van der Waals surface area contributed by atoms with Gasteiger partial charge < -0.3 is 15.0 Å². The van der Waals surface area contributed by atoms with Crippen LogP contribution in [0.4, 0.5) is 5.69 Å². The minimum Gasteiger partial charge on any atom is -0.383 e. The molecule has 1 aromatic rings. The first-order valence-electron chi connectivity index (χ1n) is 8.17. The minimum atomic E-state index is 0.650. The van der Waals surface area contributed by atoms with Crippen molar-refractivity contribution < 1.29 is 4.74 Å². The van der Waals surface area contributed by atoms with Gasteiger partial charge in [0.1, 0.15) is 0 Å². The molecule has 0 aromatic heterocycles. The highest BCUT2D eigenvalue weighted by molar-refractivity contribution is 5.54. The molecule has 0 atom stereocenters. The van der Waals surface area contributed by atoms with Crippen molar-refractivity contribution in [2.75, 3.05) is 31.7 Å². The number of nitrogens with zero attached hydrogens (tertiary/aromatic N) is 1. The van der Waals surface area contributed by atoms with E-state index in [1.165, 1.54) is 29.7 Å². The number of anilines is 1. The van der Waals surface area contributed by atoms with Crippen LogP contribution in [-0.2, 0) is 11.3 Å². The number of aryl methyl sites for hydroxylation is 1. The summed E-state index contributed by atoms with van der Waals surface area (Å²) in [5, 5.41) is 3.58. The van der Waals surface area contributed by atoms with Crippen LogP contribution in [0.25, 0.3) is 0 Å². The van der Waals surface area contributed by atoms with Gasteiger partial charge >= 0.3 is 0 Å². The van der Waals surface area contributed by atoms with E-state index < -0.39 is 0 Å². The van der Waals surface area contributed by atoms with Gasteiger partial charge in [0.15, 0.2) is 0 Å². The molecule has 0 saturated heterocycles. The van der Waals surface area contributed by atoms with Crippen molar-refractivity contribution >= 4 is 5.69 Å². The van der Waals surface area contributed by atoms with Gasteiger partial charge in [-0.3, -0.25) is 0 Å². The molecule has 1 N–H and O–H groups in total. The maximum Gasteiger partial charge on any atom is 0.0637 e. The van der Waals surface area contributed by atoms with Gasteiger partial charge in [0.25, 0.3) is 0 Å². The predicted molar refractivity (Wildman–Crippen MR) is 90.0 cm³/mol. The maximum atomic E-state index is 5.26. The third-order valence-electron chi connectivity index (χ3n) is 3.92. The van der Waals surface area contributed by atoms with E-state index in [-0.39, 0.29) is 0 Å². The van der Waals surface area contributed by atoms with E-state index >= 15 is 0 Å². The Kier molecular flexibility index (Phi) is 6.07. The summed E-state index contributed by atoms with van der Waals surface area (Å²) in [4.78, 5) is 2.45. The third kappa shape index (κ3) is 5.33. The zero-order chi connectivity index (χ0) is 15.2. The molecule has 0 bridgehead atoms. The molecular formula is C18H30N2O. The number of nitrogens with one attached hydrogen (secondary N) is 1. The van der Waals surface area contributed by atoms with Crippen LogP contribution in [0, 0.1) is 12.8 Å². The lowest BCUT2D eigenvalue weighted by atomic mass is 10.1. The molecule has 1 aliphatic rings. The fourth-order valence-electron chi connectivity index (χ4n) is 2.68. The van der Waals surface area contributed by atoms with Crippen molar-refractivity contribution in [3.05, 3.63) is 29.3 Å². The van der Waals surface area contributed by atoms with Crippen LogP contribution in [0.15, 0.2) is 18.2 Å². The zero-order valence-electron chi connectivity index (χ0n) is 14.0. The van der Waals surface area contributed by atoms with E-state index in [2.05, 4.69) is 49.2 Å². The normalized spacial score (nSPS) is 14.7. The van der Waals surface area contributed by atoms with Crippen molar-refractivity contribution in [3.63, 3.8) is 0 Å². The number of rotatable bonds is 9. The molecular weight excluding hydrogens is 260 g/mol. The largest absolute Gasteiger partial charge is 0.383 e. The van der Waals surface area contributed by atoms with Gasteiger partial charge in [0, 0.05) is 38.5 Å². The Morgan fingerprint density at radius 1 is 1.33 bits per heavy atom. The topological polar surface area (TPSA) is 24.5 Å². The molecule has 1 saturated carbocycles. The lowest BCUT2D eigenvalue weighted by molar-refractivity contribution is 0.204. The first-order chi connectivity index (χ1) is 10.1. The van der Waals surface area contributed by atoms with Crippen molar-refractivity contribution in [2.45, 2.75) is 46.2 Å². The summed E-state index contributed by atoms with van der Waals surface area (Å²) in [7, 11) is 1.77. The van der Waals surface area contributed by atoms with Crippen LogP contribution in [0.1, 0.15) is 37.8 Å². The second-order valence-electron chi connectivity index (χ2n) is 6.61. The van der Waals surface area contributed by atoms with Crippen molar-refractivity contribution in [1.82, 2.24) is 5.32 Å².